The first-order valence-electron chi connectivity index (χ1n) is 12.4. The number of amides is 2. The molecule has 2 amide bonds. The summed E-state index contributed by atoms with van der Waals surface area (Å²) >= 11 is 0. The Labute approximate surface area is 207 Å². The lowest BCUT2D eigenvalue weighted by Crippen LogP contribution is -2.30. The van der Waals surface area contributed by atoms with Gasteiger partial charge in [0.25, 0.3) is 5.56 Å². The van der Waals surface area contributed by atoms with E-state index in [-0.39, 0.29) is 22.4 Å². The van der Waals surface area contributed by atoms with Gasteiger partial charge in [-0.25, -0.2) is 9.89 Å². The molecule has 0 aliphatic carbocycles. The van der Waals surface area contributed by atoms with Gasteiger partial charge < -0.3 is 15.4 Å². The fourth-order valence-corrected chi connectivity index (χ4v) is 3.80. The molecule has 0 bridgehead atoms. The molecule has 7 nitrogen and oxygen atoms in total. The van der Waals surface area contributed by atoms with Crippen molar-refractivity contribution in [2.24, 2.45) is 0 Å². The molecule has 0 atom stereocenters. The van der Waals surface area contributed by atoms with Gasteiger partial charge >= 0.3 is 6.03 Å². The number of hydrogen-bond donors (Lipinski definition) is 3. The number of urea groups is 1. The Balaban J connectivity index is 1.55. The smallest absolute Gasteiger partial charge is 0.319 e. The zero-order chi connectivity index (χ0) is 25.6. The summed E-state index contributed by atoms with van der Waals surface area (Å²) in [5.41, 5.74) is 2.93. The molecule has 0 aliphatic rings. The van der Waals surface area contributed by atoms with Crippen molar-refractivity contribution in [1.29, 1.82) is 0 Å². The second kappa shape index (κ2) is 10.9. The maximum atomic E-state index is 12.3. The molecule has 3 N–H and O–H groups in total. The third kappa shape index (κ3) is 6.41. The number of hydrogen-bond acceptors (Lipinski definition) is 4. The number of nitrogens with one attached hydrogen (secondary N) is 3. The molecule has 0 spiro atoms. The highest BCUT2D eigenvalue weighted by Gasteiger charge is 2.26. The van der Waals surface area contributed by atoms with E-state index in [0.717, 1.165) is 18.6 Å². The van der Waals surface area contributed by atoms with Crippen LogP contribution in [-0.2, 0) is 10.8 Å². The van der Waals surface area contributed by atoms with Crippen LogP contribution in [0.2, 0.25) is 0 Å². The zero-order valence-electron chi connectivity index (χ0n) is 21.7. The average Bonchev–Trinajstić information content (AvgIpc) is 2.84. The van der Waals surface area contributed by atoms with E-state index in [1.165, 1.54) is 11.1 Å². The molecule has 0 aliphatic heterocycles. The first-order chi connectivity index (χ1) is 16.6. The highest BCUT2D eigenvalue weighted by atomic mass is 16.5. The van der Waals surface area contributed by atoms with Gasteiger partial charge in [-0.05, 0) is 53.9 Å². The number of carbonyl (C=O) groups is 1. The lowest BCUT2D eigenvalue weighted by Gasteiger charge is -2.30. The summed E-state index contributed by atoms with van der Waals surface area (Å²) < 4.78 is 6.17. The van der Waals surface area contributed by atoms with E-state index in [9.17, 15) is 9.59 Å². The molecule has 0 radical (unpaired) electrons. The SMILES string of the molecule is CCC(C)(C)c1ccc(OCCCNC(=O)Nc2ccc3cn[nH]c(=O)c3c2)c(C(C)(C)CC)c1. The Kier molecular flexibility index (Phi) is 8.20. The number of fused-ring (bicyclic) bond motifs is 1. The first kappa shape index (κ1) is 26.3. The molecule has 1 heterocycles. The van der Waals surface area contributed by atoms with Crippen molar-refractivity contribution >= 4 is 22.5 Å². The van der Waals surface area contributed by atoms with Gasteiger partial charge in [-0.1, -0.05) is 59.7 Å². The van der Waals surface area contributed by atoms with Gasteiger partial charge in [-0.2, -0.15) is 5.10 Å². The number of benzene rings is 2. The fraction of sp³-hybridized carbons (Fsp3) is 0.464. The van der Waals surface area contributed by atoms with Crippen molar-refractivity contribution in [1.82, 2.24) is 15.5 Å². The molecular weight excluding hydrogens is 440 g/mol. The van der Waals surface area contributed by atoms with Crippen LogP contribution in [0.25, 0.3) is 10.8 Å². The van der Waals surface area contributed by atoms with E-state index < -0.39 is 0 Å². The van der Waals surface area contributed by atoms with Crippen LogP contribution in [0.15, 0.2) is 47.4 Å². The van der Waals surface area contributed by atoms with Crippen molar-refractivity contribution in [3.8, 4) is 5.75 Å². The van der Waals surface area contributed by atoms with Crippen molar-refractivity contribution in [2.75, 3.05) is 18.5 Å². The molecule has 0 saturated carbocycles. The number of ether oxygens (including phenoxy) is 1. The summed E-state index contributed by atoms with van der Waals surface area (Å²) in [5, 5.41) is 13.0. The Morgan fingerprint density at radius 1 is 1.03 bits per heavy atom. The van der Waals surface area contributed by atoms with Crippen molar-refractivity contribution in [3.63, 3.8) is 0 Å². The molecule has 35 heavy (non-hydrogen) atoms. The van der Waals surface area contributed by atoms with Crippen LogP contribution in [-0.4, -0.2) is 29.4 Å². The summed E-state index contributed by atoms with van der Waals surface area (Å²) in [4.78, 5) is 24.2. The largest absolute Gasteiger partial charge is 0.493 e. The minimum Gasteiger partial charge on any atom is -0.493 e. The number of carbonyl (C=O) groups excluding carboxylic acids is 1. The van der Waals surface area contributed by atoms with Gasteiger partial charge in [0, 0.05) is 23.2 Å². The lowest BCUT2D eigenvalue weighted by molar-refractivity contribution is 0.250. The molecular formula is C28H38N4O3. The van der Waals surface area contributed by atoms with E-state index in [1.54, 1.807) is 24.4 Å². The molecule has 0 unspecified atom stereocenters. The molecule has 188 valence electrons. The van der Waals surface area contributed by atoms with Crippen LogP contribution in [0.1, 0.15) is 71.9 Å². The van der Waals surface area contributed by atoms with E-state index >= 15 is 0 Å². The van der Waals surface area contributed by atoms with Gasteiger partial charge in [-0.3, -0.25) is 4.79 Å². The van der Waals surface area contributed by atoms with E-state index in [1.807, 2.05) is 0 Å². The monoisotopic (exact) mass is 478 g/mol. The summed E-state index contributed by atoms with van der Waals surface area (Å²) in [5.74, 6) is 0.910. The Morgan fingerprint density at radius 3 is 2.49 bits per heavy atom. The maximum Gasteiger partial charge on any atom is 0.319 e. The standard InChI is InChI=1S/C28H38N4O3/c1-7-27(3,4)20-11-13-24(23(16-20)28(5,6)8-2)35-15-9-14-29-26(34)31-21-12-10-19-18-30-32-25(33)22(19)17-21/h10-13,16-18H,7-9,14-15H2,1-6H3,(H,32,33)(H2,29,31,34). The number of aromatic amines is 1. The van der Waals surface area contributed by atoms with E-state index in [0.29, 0.717) is 36.0 Å². The van der Waals surface area contributed by atoms with Gasteiger partial charge in [-0.15, -0.1) is 0 Å². The predicted octanol–water partition coefficient (Wildman–Crippen LogP) is 5.89. The Bertz CT molecular complexity index is 1230. The van der Waals surface area contributed by atoms with Crippen LogP contribution in [0.4, 0.5) is 10.5 Å². The van der Waals surface area contributed by atoms with Crippen molar-refractivity contribution in [3.05, 3.63) is 64.1 Å². The number of aromatic nitrogens is 2. The molecule has 2 aromatic carbocycles. The highest BCUT2D eigenvalue weighted by molar-refractivity contribution is 5.92. The normalized spacial score (nSPS) is 11.9. The quantitative estimate of drug-likeness (QED) is 0.317. The summed E-state index contributed by atoms with van der Waals surface area (Å²) in [6.45, 7) is 14.4. The number of H-pyrrole nitrogens is 1. The van der Waals surface area contributed by atoms with Gasteiger partial charge in [0.05, 0.1) is 18.2 Å². The van der Waals surface area contributed by atoms with Crippen molar-refractivity contribution < 1.29 is 9.53 Å². The first-order valence-corrected chi connectivity index (χ1v) is 12.4. The third-order valence-electron chi connectivity index (χ3n) is 7.05. The Hall–Kier alpha value is -3.35. The number of anilines is 1. The highest BCUT2D eigenvalue weighted by Crippen LogP contribution is 2.38. The molecule has 1 aromatic heterocycles. The van der Waals surface area contributed by atoms with Gasteiger partial charge in [0.2, 0.25) is 0 Å². The molecule has 0 fully saturated rings. The molecule has 7 heteroatoms. The van der Waals surface area contributed by atoms with Gasteiger partial charge in [0.15, 0.2) is 0 Å². The second-order valence-corrected chi connectivity index (χ2v) is 10.3. The minimum absolute atomic E-state index is 0.00489. The maximum absolute atomic E-state index is 12.3. The third-order valence-corrected chi connectivity index (χ3v) is 7.05. The van der Waals surface area contributed by atoms with Crippen molar-refractivity contribution in [2.45, 2.75) is 71.6 Å². The second-order valence-electron chi connectivity index (χ2n) is 10.3. The summed E-state index contributed by atoms with van der Waals surface area (Å²) in [6.07, 6.45) is 4.33. The number of nitrogens with zero attached hydrogens (tertiary/aromatic N) is 1. The molecule has 3 aromatic rings. The van der Waals surface area contributed by atoms with E-state index in [2.05, 4.69) is 80.6 Å². The van der Waals surface area contributed by atoms with Crippen LogP contribution < -0.4 is 20.9 Å². The average molecular weight is 479 g/mol. The molecule has 3 rings (SSSR count). The minimum atomic E-state index is -0.325. The summed E-state index contributed by atoms with van der Waals surface area (Å²) in [6, 6.07) is 11.4. The predicted molar refractivity (Wildman–Crippen MR) is 143 cm³/mol. The summed E-state index contributed by atoms with van der Waals surface area (Å²) in [7, 11) is 0. The topological polar surface area (TPSA) is 96.1 Å². The Morgan fingerprint density at radius 2 is 1.77 bits per heavy atom. The fourth-order valence-electron chi connectivity index (χ4n) is 3.80. The van der Waals surface area contributed by atoms with Crippen LogP contribution in [0.3, 0.4) is 0 Å². The zero-order valence-corrected chi connectivity index (χ0v) is 21.7. The lowest BCUT2D eigenvalue weighted by atomic mass is 9.76. The van der Waals surface area contributed by atoms with Gasteiger partial charge in [0.1, 0.15) is 5.75 Å². The number of rotatable bonds is 10. The molecule has 0 saturated heterocycles. The van der Waals surface area contributed by atoms with Crippen LogP contribution in [0, 0.1) is 0 Å². The van der Waals surface area contributed by atoms with Crippen LogP contribution in [0.5, 0.6) is 5.75 Å². The van der Waals surface area contributed by atoms with E-state index in [4.69, 9.17) is 4.74 Å². The van der Waals surface area contributed by atoms with Crippen LogP contribution >= 0.6 is 0 Å².